The second kappa shape index (κ2) is 6.73. The molecule has 0 saturated carbocycles. The largest absolute Gasteiger partial charge is 0.478 e. The first-order chi connectivity index (χ1) is 12.2. The maximum absolute atomic E-state index is 14.2. The van der Waals surface area contributed by atoms with Gasteiger partial charge in [0.15, 0.2) is 5.69 Å². The van der Waals surface area contributed by atoms with E-state index in [0.29, 0.717) is 4.34 Å². The molecule has 3 rings (SSSR count). The van der Waals surface area contributed by atoms with Gasteiger partial charge in [0.05, 0.1) is 16.4 Å². The lowest BCUT2D eigenvalue weighted by Gasteiger charge is -2.06. The standard InChI is InChI=1S/C16H9ClF4N2O2S/c17-12-5-4-11(26-12)10-7-23(22-14(10)16(19,20)21)6-8-2-1-3-9(13(8)18)15(24)25/h1-5,7H,6H2,(H,24,25). The summed E-state index contributed by atoms with van der Waals surface area (Å²) < 4.78 is 55.3. The monoisotopic (exact) mass is 404 g/mol. The number of rotatable bonds is 4. The van der Waals surface area contributed by atoms with Crippen LogP contribution in [0.25, 0.3) is 10.4 Å². The normalized spacial score (nSPS) is 11.7. The molecule has 2 aromatic heterocycles. The summed E-state index contributed by atoms with van der Waals surface area (Å²) in [6, 6.07) is 6.59. The minimum atomic E-state index is -4.71. The lowest BCUT2D eigenvalue weighted by Crippen LogP contribution is -2.11. The van der Waals surface area contributed by atoms with Gasteiger partial charge in [-0.2, -0.15) is 18.3 Å². The van der Waals surface area contributed by atoms with Gasteiger partial charge in [0.25, 0.3) is 0 Å². The number of hydrogen-bond acceptors (Lipinski definition) is 3. The quantitative estimate of drug-likeness (QED) is 0.610. The molecule has 26 heavy (non-hydrogen) atoms. The maximum Gasteiger partial charge on any atom is 0.435 e. The molecular weight excluding hydrogens is 396 g/mol. The molecule has 0 unspecified atom stereocenters. The van der Waals surface area contributed by atoms with Crippen molar-refractivity contribution in [2.75, 3.05) is 0 Å². The van der Waals surface area contributed by atoms with Crippen LogP contribution in [0.2, 0.25) is 4.34 Å². The van der Waals surface area contributed by atoms with Gasteiger partial charge < -0.3 is 5.11 Å². The Labute approximate surface area is 153 Å². The molecule has 1 N–H and O–H groups in total. The number of halogens is 5. The highest BCUT2D eigenvalue weighted by atomic mass is 35.5. The smallest absolute Gasteiger partial charge is 0.435 e. The molecule has 136 valence electrons. The summed E-state index contributed by atoms with van der Waals surface area (Å²) in [4.78, 5) is 11.3. The van der Waals surface area contributed by atoms with Crippen LogP contribution in [-0.4, -0.2) is 20.9 Å². The Bertz CT molecular complexity index is 981. The Morgan fingerprint density at radius 1 is 1.27 bits per heavy atom. The van der Waals surface area contributed by atoms with E-state index in [1.54, 1.807) is 0 Å². The van der Waals surface area contributed by atoms with Gasteiger partial charge in [-0.15, -0.1) is 11.3 Å². The number of alkyl halides is 3. The summed E-state index contributed by atoms with van der Waals surface area (Å²) in [5.41, 5.74) is -1.94. The second-order valence-electron chi connectivity index (χ2n) is 5.27. The average molecular weight is 405 g/mol. The number of benzene rings is 1. The van der Waals surface area contributed by atoms with Gasteiger partial charge in [0.1, 0.15) is 5.82 Å². The van der Waals surface area contributed by atoms with E-state index in [9.17, 15) is 22.4 Å². The fourth-order valence-corrected chi connectivity index (χ4v) is 3.45. The average Bonchev–Trinajstić information content (AvgIpc) is 3.15. The zero-order valence-electron chi connectivity index (χ0n) is 12.7. The zero-order valence-corrected chi connectivity index (χ0v) is 14.3. The number of nitrogens with zero attached hydrogens (tertiary/aromatic N) is 2. The molecule has 1 aromatic carbocycles. The van der Waals surface area contributed by atoms with Gasteiger partial charge in [0.2, 0.25) is 0 Å². The summed E-state index contributed by atoms with van der Waals surface area (Å²) >= 11 is 6.75. The fourth-order valence-electron chi connectivity index (χ4n) is 2.39. The number of hydrogen-bond donors (Lipinski definition) is 1. The number of carboxylic acids is 1. The second-order valence-corrected chi connectivity index (χ2v) is 6.99. The molecule has 0 atom stereocenters. The van der Waals surface area contributed by atoms with Crippen molar-refractivity contribution in [3.8, 4) is 10.4 Å². The Kier molecular flexibility index (Phi) is 4.76. The zero-order chi connectivity index (χ0) is 19.1. The van der Waals surface area contributed by atoms with Gasteiger partial charge in [-0.25, -0.2) is 9.18 Å². The molecule has 0 aliphatic carbocycles. The lowest BCUT2D eigenvalue weighted by molar-refractivity contribution is -0.141. The number of aromatic nitrogens is 2. The molecule has 10 heteroatoms. The summed E-state index contributed by atoms with van der Waals surface area (Å²) in [5.74, 6) is -2.47. The third kappa shape index (κ3) is 3.58. The number of aromatic carboxylic acids is 1. The van der Waals surface area contributed by atoms with Crippen molar-refractivity contribution < 1.29 is 27.5 Å². The van der Waals surface area contributed by atoms with Gasteiger partial charge >= 0.3 is 12.1 Å². The molecule has 0 spiro atoms. The number of thiophene rings is 1. The minimum absolute atomic E-state index is 0.0862. The van der Waals surface area contributed by atoms with E-state index in [4.69, 9.17) is 16.7 Å². The van der Waals surface area contributed by atoms with Crippen molar-refractivity contribution in [2.24, 2.45) is 0 Å². The topological polar surface area (TPSA) is 55.1 Å². The summed E-state index contributed by atoms with van der Waals surface area (Å²) in [7, 11) is 0. The predicted octanol–water partition coefficient (Wildman–Crippen LogP) is 5.17. The first kappa shape index (κ1) is 18.4. The van der Waals surface area contributed by atoms with Crippen LogP contribution < -0.4 is 0 Å². The fraction of sp³-hybridized carbons (Fsp3) is 0.125. The SMILES string of the molecule is O=C(O)c1cccc(Cn2cc(-c3ccc(Cl)s3)c(C(F)(F)F)n2)c1F. The Morgan fingerprint density at radius 2 is 2.00 bits per heavy atom. The van der Waals surface area contributed by atoms with E-state index < -0.39 is 29.2 Å². The van der Waals surface area contributed by atoms with E-state index in [1.807, 2.05) is 0 Å². The van der Waals surface area contributed by atoms with Crippen LogP contribution in [0, 0.1) is 5.82 Å². The van der Waals surface area contributed by atoms with E-state index in [1.165, 1.54) is 24.3 Å². The molecule has 0 amide bonds. The van der Waals surface area contributed by atoms with Crippen molar-refractivity contribution >= 4 is 28.9 Å². The minimum Gasteiger partial charge on any atom is -0.478 e. The Morgan fingerprint density at radius 3 is 2.58 bits per heavy atom. The van der Waals surface area contributed by atoms with E-state index in [-0.39, 0.29) is 22.5 Å². The highest BCUT2D eigenvalue weighted by Gasteiger charge is 2.38. The summed E-state index contributed by atoms with van der Waals surface area (Å²) in [6.07, 6.45) is -3.57. The maximum atomic E-state index is 14.2. The van der Waals surface area contributed by atoms with Crippen LogP contribution in [0.1, 0.15) is 21.6 Å². The van der Waals surface area contributed by atoms with Crippen LogP contribution in [0.4, 0.5) is 17.6 Å². The molecule has 0 aliphatic heterocycles. The Hall–Kier alpha value is -2.39. The van der Waals surface area contributed by atoms with E-state index in [0.717, 1.165) is 28.3 Å². The first-order valence-corrected chi connectivity index (χ1v) is 8.27. The molecular formula is C16H9ClF4N2O2S. The third-order valence-electron chi connectivity index (χ3n) is 3.51. The third-order valence-corrected chi connectivity index (χ3v) is 4.77. The lowest BCUT2D eigenvalue weighted by atomic mass is 10.1. The van der Waals surface area contributed by atoms with Crippen molar-refractivity contribution in [2.45, 2.75) is 12.7 Å². The molecule has 0 fully saturated rings. The number of carbonyl (C=O) groups is 1. The van der Waals surface area contributed by atoms with Crippen molar-refractivity contribution in [1.29, 1.82) is 0 Å². The molecule has 0 aliphatic rings. The molecule has 4 nitrogen and oxygen atoms in total. The molecule has 0 saturated heterocycles. The van der Waals surface area contributed by atoms with Crippen molar-refractivity contribution in [3.05, 3.63) is 63.5 Å². The molecule has 2 heterocycles. The van der Waals surface area contributed by atoms with E-state index >= 15 is 0 Å². The van der Waals surface area contributed by atoms with Crippen LogP contribution in [0.15, 0.2) is 36.5 Å². The van der Waals surface area contributed by atoms with Gasteiger partial charge in [-0.05, 0) is 18.2 Å². The molecule has 0 bridgehead atoms. The van der Waals surface area contributed by atoms with Crippen molar-refractivity contribution in [1.82, 2.24) is 9.78 Å². The molecule has 3 aromatic rings. The Balaban J connectivity index is 2.04. The van der Waals surface area contributed by atoms with Gasteiger partial charge in [0, 0.05) is 22.2 Å². The van der Waals surface area contributed by atoms with Crippen LogP contribution >= 0.6 is 22.9 Å². The van der Waals surface area contributed by atoms with Gasteiger partial charge in [-0.3, -0.25) is 4.68 Å². The van der Waals surface area contributed by atoms with Crippen LogP contribution in [0.5, 0.6) is 0 Å². The first-order valence-electron chi connectivity index (χ1n) is 7.08. The predicted molar refractivity (Wildman–Crippen MR) is 88.0 cm³/mol. The van der Waals surface area contributed by atoms with Crippen LogP contribution in [-0.2, 0) is 12.7 Å². The van der Waals surface area contributed by atoms with Crippen LogP contribution in [0.3, 0.4) is 0 Å². The highest BCUT2D eigenvalue weighted by molar-refractivity contribution is 7.19. The van der Waals surface area contributed by atoms with Crippen molar-refractivity contribution in [3.63, 3.8) is 0 Å². The molecule has 0 radical (unpaired) electrons. The summed E-state index contributed by atoms with van der Waals surface area (Å²) in [5, 5.41) is 12.5. The number of carboxylic acid groups (broad SMARTS) is 1. The summed E-state index contributed by atoms with van der Waals surface area (Å²) in [6.45, 7) is -0.352. The van der Waals surface area contributed by atoms with Gasteiger partial charge in [-0.1, -0.05) is 23.7 Å². The highest BCUT2D eigenvalue weighted by Crippen LogP contribution is 2.39. The van der Waals surface area contributed by atoms with E-state index in [2.05, 4.69) is 5.10 Å².